The van der Waals surface area contributed by atoms with Crippen molar-refractivity contribution in [3.63, 3.8) is 0 Å². The van der Waals surface area contributed by atoms with Crippen LogP contribution in [-0.4, -0.2) is 30.2 Å². The number of esters is 1. The number of ketones is 1. The maximum Gasteiger partial charge on any atom is 0.338 e. The number of Topliss-reactive ketones (excluding diaryl/α,β-unsaturated/α-hetero) is 1. The number of hydrogen-bond acceptors (Lipinski definition) is 5. The number of benzene rings is 3. The average molecular weight is 480 g/mol. The molecule has 0 bridgehead atoms. The molecule has 3 aromatic rings. The van der Waals surface area contributed by atoms with Crippen molar-refractivity contribution in [2.45, 2.75) is 13.3 Å². The van der Waals surface area contributed by atoms with Crippen molar-refractivity contribution in [3.8, 4) is 11.1 Å². The van der Waals surface area contributed by atoms with Crippen LogP contribution in [-0.2, 0) is 14.3 Å². The van der Waals surface area contributed by atoms with E-state index in [-0.39, 0.29) is 40.9 Å². The number of allylic oxidation sites excluding steroid dienone is 2. The van der Waals surface area contributed by atoms with Crippen LogP contribution in [0, 0.1) is 17.8 Å². The molecule has 2 aliphatic rings. The predicted octanol–water partition coefficient (Wildman–Crippen LogP) is 5.09. The minimum Gasteiger partial charge on any atom is -0.454 e. The van der Waals surface area contributed by atoms with Gasteiger partial charge < -0.3 is 4.74 Å². The Labute approximate surface area is 209 Å². The molecular formula is C30H25NO5. The summed E-state index contributed by atoms with van der Waals surface area (Å²) in [5, 5.41) is 0. The number of imide groups is 1. The summed E-state index contributed by atoms with van der Waals surface area (Å²) in [6, 6.07) is 23.2. The van der Waals surface area contributed by atoms with Gasteiger partial charge in [0.1, 0.15) is 0 Å². The largest absolute Gasteiger partial charge is 0.454 e. The Balaban J connectivity index is 1.25. The van der Waals surface area contributed by atoms with Gasteiger partial charge in [-0.15, -0.1) is 0 Å². The van der Waals surface area contributed by atoms with Crippen LogP contribution < -0.4 is 4.90 Å². The molecule has 1 aliphatic heterocycles. The van der Waals surface area contributed by atoms with Gasteiger partial charge in [-0.25, -0.2) is 4.79 Å². The third-order valence-corrected chi connectivity index (χ3v) is 6.86. The standard InChI is InChI=1S/C30H25NO5/c1-19-7-5-12-25-27(19)29(34)31(28(25)33)24-11-6-10-23(17-24)30(35)36-18-26(32)22-15-13-21(14-16-22)20-8-3-2-4-9-20/h2-11,13-17,19,25,27H,12,18H2,1H3/t19-,25+,27+/m0/s1. The average Bonchev–Trinajstić information content (AvgIpc) is 3.18. The Morgan fingerprint density at radius 2 is 1.58 bits per heavy atom. The van der Waals surface area contributed by atoms with Crippen molar-refractivity contribution >= 4 is 29.3 Å². The summed E-state index contributed by atoms with van der Waals surface area (Å²) in [4.78, 5) is 52.5. The maximum absolute atomic E-state index is 13.0. The Bertz CT molecular complexity index is 1360. The number of anilines is 1. The second-order valence-electron chi connectivity index (χ2n) is 9.16. The number of amides is 2. The molecule has 1 saturated heterocycles. The van der Waals surface area contributed by atoms with E-state index in [1.165, 1.54) is 17.0 Å². The highest BCUT2D eigenvalue weighted by Gasteiger charge is 2.50. The van der Waals surface area contributed by atoms with Gasteiger partial charge in [0.25, 0.3) is 0 Å². The lowest BCUT2D eigenvalue weighted by atomic mass is 9.78. The third kappa shape index (κ3) is 4.38. The zero-order chi connectivity index (χ0) is 25.2. The van der Waals surface area contributed by atoms with Crippen LogP contribution in [0.5, 0.6) is 0 Å². The molecular weight excluding hydrogens is 454 g/mol. The van der Waals surface area contributed by atoms with Crippen molar-refractivity contribution in [2.75, 3.05) is 11.5 Å². The van der Waals surface area contributed by atoms with Gasteiger partial charge in [-0.3, -0.25) is 19.3 Å². The van der Waals surface area contributed by atoms with E-state index in [1.807, 2.05) is 61.5 Å². The molecule has 0 spiro atoms. The molecule has 1 aliphatic carbocycles. The number of rotatable bonds is 6. The fourth-order valence-electron chi connectivity index (χ4n) is 4.95. The first-order chi connectivity index (χ1) is 17.4. The fraction of sp³-hybridized carbons (Fsp3) is 0.200. The van der Waals surface area contributed by atoms with E-state index >= 15 is 0 Å². The number of nitrogens with zero attached hydrogens (tertiary/aromatic N) is 1. The highest BCUT2D eigenvalue weighted by Crippen LogP contribution is 2.40. The van der Waals surface area contributed by atoms with Crippen molar-refractivity contribution in [2.24, 2.45) is 17.8 Å². The SMILES string of the molecule is C[C@H]1C=CC[C@H]2C(=O)N(c3cccc(C(=O)OCC(=O)c4ccc(-c5ccccc5)cc4)c3)C(=O)[C@H]12. The van der Waals surface area contributed by atoms with Crippen LogP contribution in [0.2, 0.25) is 0 Å². The second kappa shape index (κ2) is 9.74. The first kappa shape index (κ1) is 23.4. The molecule has 0 N–H and O–H groups in total. The Morgan fingerprint density at radius 1 is 0.861 bits per heavy atom. The van der Waals surface area contributed by atoms with Gasteiger partial charge in [-0.05, 0) is 41.7 Å². The van der Waals surface area contributed by atoms with E-state index in [0.29, 0.717) is 17.7 Å². The molecule has 5 rings (SSSR count). The smallest absolute Gasteiger partial charge is 0.338 e. The van der Waals surface area contributed by atoms with E-state index in [2.05, 4.69) is 0 Å². The van der Waals surface area contributed by atoms with Crippen molar-refractivity contribution in [3.05, 3.63) is 102 Å². The molecule has 0 radical (unpaired) electrons. The molecule has 1 heterocycles. The molecule has 3 atom stereocenters. The lowest BCUT2D eigenvalue weighted by Crippen LogP contribution is -2.31. The Hall–Kier alpha value is -4.32. The molecule has 36 heavy (non-hydrogen) atoms. The first-order valence-electron chi connectivity index (χ1n) is 11.9. The van der Waals surface area contributed by atoms with E-state index in [4.69, 9.17) is 4.74 Å². The van der Waals surface area contributed by atoms with Crippen molar-refractivity contribution in [1.82, 2.24) is 0 Å². The molecule has 0 aromatic heterocycles. The molecule has 0 unspecified atom stereocenters. The van der Waals surface area contributed by atoms with Gasteiger partial charge in [0.2, 0.25) is 11.8 Å². The monoisotopic (exact) mass is 479 g/mol. The molecule has 0 saturated carbocycles. The first-order valence-corrected chi connectivity index (χ1v) is 11.9. The number of hydrogen-bond donors (Lipinski definition) is 0. The molecule has 6 heteroatoms. The number of fused-ring (bicyclic) bond motifs is 1. The van der Waals surface area contributed by atoms with E-state index in [0.717, 1.165) is 11.1 Å². The van der Waals surface area contributed by atoms with Crippen LogP contribution >= 0.6 is 0 Å². The minimum atomic E-state index is -0.697. The highest BCUT2D eigenvalue weighted by atomic mass is 16.5. The van der Waals surface area contributed by atoms with Crippen molar-refractivity contribution < 1.29 is 23.9 Å². The number of carbonyl (C=O) groups excluding carboxylic acids is 4. The summed E-state index contributed by atoms with van der Waals surface area (Å²) in [7, 11) is 0. The zero-order valence-corrected chi connectivity index (χ0v) is 19.8. The summed E-state index contributed by atoms with van der Waals surface area (Å²) in [5.74, 6) is -2.30. The maximum atomic E-state index is 13.0. The molecule has 180 valence electrons. The van der Waals surface area contributed by atoms with Crippen LogP contribution in [0.3, 0.4) is 0 Å². The van der Waals surface area contributed by atoms with Gasteiger partial charge in [-0.1, -0.05) is 79.7 Å². The lowest BCUT2D eigenvalue weighted by molar-refractivity contribution is -0.122. The Morgan fingerprint density at radius 3 is 2.31 bits per heavy atom. The van der Waals surface area contributed by atoms with Gasteiger partial charge in [0.05, 0.1) is 23.1 Å². The molecule has 2 amide bonds. The van der Waals surface area contributed by atoms with Crippen LogP contribution in [0.1, 0.15) is 34.1 Å². The summed E-state index contributed by atoms with van der Waals surface area (Å²) in [6.07, 6.45) is 4.45. The Kier molecular flexibility index (Phi) is 6.34. The van der Waals surface area contributed by atoms with Crippen LogP contribution in [0.15, 0.2) is 91.0 Å². The van der Waals surface area contributed by atoms with E-state index in [1.54, 1.807) is 24.3 Å². The molecule has 3 aromatic carbocycles. The lowest BCUT2D eigenvalue weighted by Gasteiger charge is -2.22. The zero-order valence-electron chi connectivity index (χ0n) is 19.8. The summed E-state index contributed by atoms with van der Waals surface area (Å²) < 4.78 is 5.26. The number of ether oxygens (including phenoxy) is 1. The summed E-state index contributed by atoms with van der Waals surface area (Å²) >= 11 is 0. The third-order valence-electron chi connectivity index (χ3n) is 6.86. The minimum absolute atomic E-state index is 0.0221. The topological polar surface area (TPSA) is 80.8 Å². The van der Waals surface area contributed by atoms with Crippen LogP contribution in [0.25, 0.3) is 11.1 Å². The van der Waals surface area contributed by atoms with E-state index < -0.39 is 12.6 Å². The quantitative estimate of drug-likeness (QED) is 0.213. The molecule has 1 fully saturated rings. The predicted molar refractivity (Wildman–Crippen MR) is 135 cm³/mol. The molecule has 6 nitrogen and oxygen atoms in total. The van der Waals surface area contributed by atoms with Gasteiger partial charge in [-0.2, -0.15) is 0 Å². The normalized spacial score (nSPS) is 20.8. The van der Waals surface area contributed by atoms with Gasteiger partial charge in [0.15, 0.2) is 12.4 Å². The van der Waals surface area contributed by atoms with E-state index in [9.17, 15) is 19.2 Å². The van der Waals surface area contributed by atoms with Gasteiger partial charge in [0, 0.05) is 5.56 Å². The van der Waals surface area contributed by atoms with Gasteiger partial charge >= 0.3 is 5.97 Å². The second-order valence-corrected chi connectivity index (χ2v) is 9.16. The summed E-state index contributed by atoms with van der Waals surface area (Å²) in [5.41, 5.74) is 2.97. The number of carbonyl (C=O) groups is 4. The highest BCUT2D eigenvalue weighted by molar-refractivity contribution is 6.22. The van der Waals surface area contributed by atoms with Crippen LogP contribution in [0.4, 0.5) is 5.69 Å². The fourth-order valence-corrected chi connectivity index (χ4v) is 4.95. The summed E-state index contributed by atoms with van der Waals surface area (Å²) in [6.45, 7) is 1.52. The van der Waals surface area contributed by atoms with Crippen molar-refractivity contribution in [1.29, 1.82) is 0 Å².